The Bertz CT molecular complexity index is 1330. The summed E-state index contributed by atoms with van der Waals surface area (Å²) in [5, 5.41) is 2.38. The Hall–Kier alpha value is -3.32. The van der Waals surface area contributed by atoms with E-state index in [1.165, 1.54) is 28.0 Å². The van der Waals surface area contributed by atoms with Gasteiger partial charge in [0.05, 0.1) is 27.5 Å². The Morgan fingerprint density at radius 3 is 2.49 bits per heavy atom. The number of halogens is 1. The zero-order valence-corrected chi connectivity index (χ0v) is 20.9. The second-order valence-corrected chi connectivity index (χ2v) is 9.51. The van der Waals surface area contributed by atoms with Crippen LogP contribution in [0.25, 0.3) is 16.6 Å². The van der Waals surface area contributed by atoms with Crippen LogP contribution in [0.4, 0.5) is 4.39 Å². The lowest BCUT2D eigenvalue weighted by molar-refractivity contribution is 0.0660. The van der Waals surface area contributed by atoms with Crippen molar-refractivity contribution >= 4 is 28.1 Å². The van der Waals surface area contributed by atoms with Crippen LogP contribution in [0.2, 0.25) is 0 Å². The number of fused-ring (bicyclic) bond motifs is 1. The van der Waals surface area contributed by atoms with E-state index in [1.54, 1.807) is 24.3 Å². The van der Waals surface area contributed by atoms with E-state index >= 15 is 0 Å². The minimum absolute atomic E-state index is 0.0589. The lowest BCUT2D eigenvalue weighted by Gasteiger charge is -2.32. The van der Waals surface area contributed by atoms with Crippen LogP contribution in [0.15, 0.2) is 70.8 Å². The molecule has 2 aromatic heterocycles. The number of rotatable bonds is 10. The number of amides is 1. The molecule has 0 aliphatic carbocycles. The van der Waals surface area contributed by atoms with Crippen LogP contribution in [-0.2, 0) is 0 Å². The summed E-state index contributed by atoms with van der Waals surface area (Å²) in [6.07, 6.45) is 4.68. The van der Waals surface area contributed by atoms with Crippen LogP contribution in [0, 0.1) is 5.82 Å². The van der Waals surface area contributed by atoms with Crippen molar-refractivity contribution in [2.75, 3.05) is 6.54 Å². The van der Waals surface area contributed by atoms with Gasteiger partial charge in [-0.2, -0.15) is 0 Å². The van der Waals surface area contributed by atoms with Gasteiger partial charge in [-0.1, -0.05) is 51.3 Å². The molecular formula is C28H30FN3O2S. The molecule has 5 nitrogen and oxygen atoms in total. The number of thiophene rings is 1. The number of hydrogen-bond acceptors (Lipinski definition) is 4. The van der Waals surface area contributed by atoms with Crippen molar-refractivity contribution in [1.82, 2.24) is 14.5 Å². The van der Waals surface area contributed by atoms with Crippen LogP contribution in [-0.4, -0.2) is 26.9 Å². The molecule has 0 fully saturated rings. The van der Waals surface area contributed by atoms with Gasteiger partial charge >= 0.3 is 0 Å². The van der Waals surface area contributed by atoms with Gasteiger partial charge in [0.25, 0.3) is 11.5 Å². The standard InChI is InChI=1S/C28H30FN3O2S/c1-3-5-6-9-18-31(28(34)25-13-10-19-35-25)24(4-2)26-30-23-12-8-7-11-22(23)27(33)32(26)21-16-14-20(29)15-17-21/h7-8,10-17,19,24H,3-6,9,18H2,1-2H3. The van der Waals surface area contributed by atoms with Crippen LogP contribution in [0.3, 0.4) is 0 Å². The van der Waals surface area contributed by atoms with Crippen molar-refractivity contribution in [2.24, 2.45) is 0 Å². The second-order valence-electron chi connectivity index (χ2n) is 8.56. The molecule has 0 aliphatic heterocycles. The minimum atomic E-state index is -0.423. The van der Waals surface area contributed by atoms with Crippen LogP contribution in [0.5, 0.6) is 0 Å². The summed E-state index contributed by atoms with van der Waals surface area (Å²) in [5.41, 5.74) is 0.876. The van der Waals surface area contributed by atoms with Crippen molar-refractivity contribution in [3.8, 4) is 5.69 Å². The molecule has 0 radical (unpaired) electrons. The van der Waals surface area contributed by atoms with Crippen molar-refractivity contribution in [3.63, 3.8) is 0 Å². The maximum Gasteiger partial charge on any atom is 0.266 e. The largest absolute Gasteiger partial charge is 0.328 e. The third-order valence-corrected chi connectivity index (χ3v) is 7.05. The van der Waals surface area contributed by atoms with Crippen molar-refractivity contribution < 1.29 is 9.18 Å². The summed E-state index contributed by atoms with van der Waals surface area (Å²) in [5.74, 6) is 0.0502. The van der Waals surface area contributed by atoms with Gasteiger partial charge in [-0.25, -0.2) is 9.37 Å². The average molecular weight is 492 g/mol. The molecule has 2 aromatic carbocycles. The topological polar surface area (TPSA) is 55.2 Å². The fraction of sp³-hybridized carbons (Fsp3) is 0.321. The lowest BCUT2D eigenvalue weighted by Crippen LogP contribution is -2.39. The Labute approximate surface area is 208 Å². The maximum atomic E-state index is 13.7. The number of carbonyl (C=O) groups is 1. The van der Waals surface area contributed by atoms with E-state index in [9.17, 15) is 14.0 Å². The molecule has 7 heteroatoms. The van der Waals surface area contributed by atoms with E-state index in [0.717, 1.165) is 25.7 Å². The summed E-state index contributed by atoms with van der Waals surface area (Å²) in [7, 11) is 0. The number of benzene rings is 2. The Kier molecular flexibility index (Phi) is 8.08. The molecule has 182 valence electrons. The van der Waals surface area contributed by atoms with Gasteiger partial charge in [-0.15, -0.1) is 11.3 Å². The minimum Gasteiger partial charge on any atom is -0.328 e. The zero-order valence-electron chi connectivity index (χ0n) is 20.1. The Morgan fingerprint density at radius 2 is 1.80 bits per heavy atom. The molecule has 0 N–H and O–H groups in total. The van der Waals surface area contributed by atoms with Crippen LogP contribution < -0.4 is 5.56 Å². The fourth-order valence-corrected chi connectivity index (χ4v) is 5.08. The number of aromatic nitrogens is 2. The average Bonchev–Trinajstić information content (AvgIpc) is 3.42. The van der Waals surface area contributed by atoms with E-state index in [2.05, 4.69) is 6.92 Å². The number of hydrogen-bond donors (Lipinski definition) is 0. The second kappa shape index (κ2) is 11.4. The maximum absolute atomic E-state index is 13.7. The molecule has 1 unspecified atom stereocenters. The normalized spacial score (nSPS) is 12.1. The molecule has 2 heterocycles. The van der Waals surface area contributed by atoms with Crippen molar-refractivity contribution in [2.45, 2.75) is 52.0 Å². The highest BCUT2D eigenvalue weighted by molar-refractivity contribution is 7.12. The Balaban J connectivity index is 1.88. The molecule has 0 saturated carbocycles. The van der Waals surface area contributed by atoms with Gasteiger partial charge in [-0.05, 0) is 60.7 Å². The van der Waals surface area contributed by atoms with Crippen LogP contribution >= 0.6 is 11.3 Å². The van der Waals surface area contributed by atoms with Gasteiger partial charge in [0.2, 0.25) is 0 Å². The molecule has 0 bridgehead atoms. The third-order valence-electron chi connectivity index (χ3n) is 6.19. The SMILES string of the molecule is CCCCCCN(C(=O)c1cccs1)C(CC)c1nc2ccccc2c(=O)n1-c1ccc(F)cc1. The van der Waals surface area contributed by atoms with Gasteiger partial charge in [0.15, 0.2) is 0 Å². The highest BCUT2D eigenvalue weighted by Gasteiger charge is 2.30. The summed E-state index contributed by atoms with van der Waals surface area (Å²) >= 11 is 1.41. The molecule has 0 saturated heterocycles. The molecule has 4 rings (SSSR count). The van der Waals surface area contributed by atoms with Gasteiger partial charge in [0, 0.05) is 6.54 Å². The summed E-state index contributed by atoms with van der Waals surface area (Å²) in [6, 6.07) is 16.3. The van der Waals surface area contributed by atoms with E-state index < -0.39 is 6.04 Å². The monoisotopic (exact) mass is 491 g/mol. The molecule has 1 atom stereocenters. The van der Waals surface area contributed by atoms with Crippen molar-refractivity contribution in [3.05, 3.63) is 92.9 Å². The summed E-state index contributed by atoms with van der Waals surface area (Å²) < 4.78 is 15.3. The van der Waals surface area contributed by atoms with E-state index in [1.807, 2.05) is 41.5 Å². The van der Waals surface area contributed by atoms with Gasteiger partial charge < -0.3 is 4.90 Å². The van der Waals surface area contributed by atoms with E-state index in [4.69, 9.17) is 4.98 Å². The number of unbranched alkanes of at least 4 members (excludes halogenated alkanes) is 3. The Morgan fingerprint density at radius 1 is 1.03 bits per heavy atom. The molecule has 4 aromatic rings. The van der Waals surface area contributed by atoms with Gasteiger partial charge in [-0.3, -0.25) is 14.2 Å². The third kappa shape index (κ3) is 5.35. The number of carbonyl (C=O) groups excluding carboxylic acids is 1. The predicted molar refractivity (Wildman–Crippen MR) is 140 cm³/mol. The first-order chi connectivity index (χ1) is 17.0. The first kappa shape index (κ1) is 24.8. The first-order valence-corrected chi connectivity index (χ1v) is 13.0. The molecule has 35 heavy (non-hydrogen) atoms. The summed E-state index contributed by atoms with van der Waals surface area (Å²) in [6.45, 7) is 4.73. The highest BCUT2D eigenvalue weighted by atomic mass is 32.1. The molecule has 1 amide bonds. The van der Waals surface area contributed by atoms with E-state index in [-0.39, 0.29) is 17.3 Å². The first-order valence-electron chi connectivity index (χ1n) is 12.2. The zero-order chi connectivity index (χ0) is 24.8. The van der Waals surface area contributed by atoms with E-state index in [0.29, 0.717) is 40.3 Å². The smallest absolute Gasteiger partial charge is 0.266 e. The van der Waals surface area contributed by atoms with Crippen LogP contribution in [0.1, 0.15) is 67.5 Å². The number of nitrogens with zero attached hydrogens (tertiary/aromatic N) is 3. The lowest BCUT2D eigenvalue weighted by atomic mass is 10.1. The number of para-hydroxylation sites is 1. The molecule has 0 spiro atoms. The quantitative estimate of drug-likeness (QED) is 0.230. The fourth-order valence-electron chi connectivity index (χ4n) is 4.41. The highest BCUT2D eigenvalue weighted by Crippen LogP contribution is 2.29. The predicted octanol–water partition coefficient (Wildman–Crippen LogP) is 6.76. The summed E-state index contributed by atoms with van der Waals surface area (Å²) in [4.78, 5) is 34.8. The molecular weight excluding hydrogens is 461 g/mol. The van der Waals surface area contributed by atoms with Gasteiger partial charge in [0.1, 0.15) is 11.6 Å². The molecule has 0 aliphatic rings. The van der Waals surface area contributed by atoms with Crippen molar-refractivity contribution in [1.29, 1.82) is 0 Å².